The lowest BCUT2D eigenvalue weighted by atomic mass is 10.1. The summed E-state index contributed by atoms with van der Waals surface area (Å²) in [5, 5.41) is 17.1. The lowest BCUT2D eigenvalue weighted by molar-refractivity contribution is -0.0328. The third kappa shape index (κ3) is 4.22. The van der Waals surface area contributed by atoms with Gasteiger partial charge in [-0.1, -0.05) is 12.1 Å². The number of benzene rings is 1. The number of aromatic nitrogens is 4. The van der Waals surface area contributed by atoms with E-state index in [1.807, 2.05) is 0 Å². The van der Waals surface area contributed by atoms with Crippen LogP contribution in [-0.4, -0.2) is 42.8 Å². The summed E-state index contributed by atoms with van der Waals surface area (Å²) >= 11 is -0.164. The molecule has 1 saturated carbocycles. The monoisotopic (exact) mass is 409 g/mol. The van der Waals surface area contributed by atoms with Gasteiger partial charge in [-0.25, -0.2) is 9.97 Å². The van der Waals surface area contributed by atoms with E-state index < -0.39 is 5.51 Å². The molecule has 10 heteroatoms. The van der Waals surface area contributed by atoms with Gasteiger partial charge >= 0.3 is 5.51 Å². The molecule has 2 aromatic heterocycles. The van der Waals surface area contributed by atoms with Gasteiger partial charge in [-0.2, -0.15) is 17.7 Å². The smallest absolute Gasteiger partial charge is 0.396 e. The normalized spacial score (nSPS) is 20.0. The van der Waals surface area contributed by atoms with E-state index in [0.717, 1.165) is 19.3 Å². The Kier molecular flexibility index (Phi) is 5.15. The molecule has 2 atom stereocenters. The Balaban J connectivity index is 1.61. The van der Waals surface area contributed by atoms with Crippen LogP contribution in [0.5, 0.6) is 0 Å². The Morgan fingerprint density at radius 2 is 2.11 bits per heavy atom. The van der Waals surface area contributed by atoms with Gasteiger partial charge in [0.1, 0.15) is 0 Å². The molecule has 1 fully saturated rings. The number of nitrogens with one attached hydrogen (secondary N) is 1. The third-order valence-electron chi connectivity index (χ3n) is 4.71. The van der Waals surface area contributed by atoms with Crippen LogP contribution in [-0.2, 0) is 0 Å². The predicted octanol–water partition coefficient (Wildman–Crippen LogP) is 3.98. The van der Waals surface area contributed by atoms with Gasteiger partial charge in [0.2, 0.25) is 5.95 Å². The molecule has 0 radical (unpaired) electrons. The molecule has 2 heterocycles. The zero-order valence-corrected chi connectivity index (χ0v) is 15.5. The molecule has 148 valence electrons. The Labute approximate surface area is 163 Å². The molecule has 1 aliphatic rings. The Morgan fingerprint density at radius 1 is 1.25 bits per heavy atom. The van der Waals surface area contributed by atoms with Crippen LogP contribution in [0.15, 0.2) is 41.4 Å². The molecule has 28 heavy (non-hydrogen) atoms. The maximum Gasteiger partial charge on any atom is 0.446 e. The Bertz CT molecular complexity index is 977. The number of alkyl halides is 3. The van der Waals surface area contributed by atoms with E-state index in [2.05, 4.69) is 20.4 Å². The molecule has 2 N–H and O–H groups in total. The number of hydrogen-bond acceptors (Lipinski definition) is 6. The Hall–Kier alpha value is -2.33. The number of nitrogens with zero attached hydrogens (tertiary/aromatic N) is 4. The molecule has 1 aliphatic carbocycles. The maximum absolute atomic E-state index is 12.6. The number of halogens is 3. The summed E-state index contributed by atoms with van der Waals surface area (Å²) in [6, 6.07) is 7.95. The van der Waals surface area contributed by atoms with Crippen molar-refractivity contribution in [2.75, 3.05) is 11.9 Å². The van der Waals surface area contributed by atoms with Crippen LogP contribution >= 0.6 is 11.8 Å². The van der Waals surface area contributed by atoms with E-state index in [1.165, 1.54) is 12.1 Å². The lowest BCUT2D eigenvalue weighted by Gasteiger charge is -2.13. The van der Waals surface area contributed by atoms with E-state index in [1.54, 1.807) is 28.9 Å². The number of anilines is 1. The summed E-state index contributed by atoms with van der Waals surface area (Å²) < 4.78 is 39.5. The van der Waals surface area contributed by atoms with Crippen molar-refractivity contribution in [3.8, 4) is 11.4 Å². The van der Waals surface area contributed by atoms with E-state index >= 15 is 0 Å². The molecule has 0 amide bonds. The van der Waals surface area contributed by atoms with Crippen molar-refractivity contribution in [3.63, 3.8) is 0 Å². The van der Waals surface area contributed by atoms with Gasteiger partial charge in [0.25, 0.3) is 0 Å². The molecule has 4 rings (SSSR count). The van der Waals surface area contributed by atoms with E-state index in [0.29, 0.717) is 23.0 Å². The average molecular weight is 409 g/mol. The summed E-state index contributed by atoms with van der Waals surface area (Å²) in [7, 11) is 0. The van der Waals surface area contributed by atoms with Crippen molar-refractivity contribution in [3.05, 3.63) is 36.5 Å². The van der Waals surface area contributed by atoms with Crippen LogP contribution in [0.3, 0.4) is 0 Å². The molecule has 1 aromatic carbocycles. The van der Waals surface area contributed by atoms with Gasteiger partial charge in [-0.3, -0.25) is 0 Å². The standard InChI is InChI=1S/C18H18F3N5OS/c19-18(20,21)28-14-3-1-2-12(9-14)16-24-15-6-7-22-17(26(15)25-16)23-13-5-4-11(8-13)10-27/h1-3,6-7,9,11,13,27H,4-5,8,10H2,(H,22,23). The maximum atomic E-state index is 12.6. The highest BCUT2D eigenvalue weighted by Gasteiger charge is 2.29. The van der Waals surface area contributed by atoms with E-state index in [-0.39, 0.29) is 35.2 Å². The van der Waals surface area contributed by atoms with Gasteiger partial charge in [-0.05, 0) is 49.1 Å². The van der Waals surface area contributed by atoms with Crippen LogP contribution < -0.4 is 5.32 Å². The minimum atomic E-state index is -4.35. The van der Waals surface area contributed by atoms with Gasteiger partial charge in [0.15, 0.2) is 11.5 Å². The molecule has 2 unspecified atom stereocenters. The predicted molar refractivity (Wildman–Crippen MR) is 100.0 cm³/mol. The molecular formula is C18H18F3N5OS. The SMILES string of the molecule is OCC1CCC(Nc2nccc3nc(-c4cccc(SC(F)(F)F)c4)nn23)C1. The molecule has 3 aromatic rings. The number of fused-ring (bicyclic) bond motifs is 1. The summed E-state index contributed by atoms with van der Waals surface area (Å²) in [6.45, 7) is 0.176. The van der Waals surface area contributed by atoms with Gasteiger partial charge in [-0.15, -0.1) is 5.10 Å². The van der Waals surface area contributed by atoms with Crippen LogP contribution in [0.25, 0.3) is 17.0 Å². The zero-order chi connectivity index (χ0) is 19.7. The summed E-state index contributed by atoms with van der Waals surface area (Å²) in [5.41, 5.74) is -3.29. The molecule has 0 aliphatic heterocycles. The number of hydrogen-bond donors (Lipinski definition) is 2. The highest BCUT2D eigenvalue weighted by molar-refractivity contribution is 8.00. The second kappa shape index (κ2) is 7.59. The van der Waals surface area contributed by atoms with Crippen LogP contribution in [0.4, 0.5) is 19.1 Å². The highest BCUT2D eigenvalue weighted by Crippen LogP contribution is 2.38. The largest absolute Gasteiger partial charge is 0.446 e. The average Bonchev–Trinajstić information content (AvgIpc) is 3.27. The van der Waals surface area contributed by atoms with Crippen LogP contribution in [0, 0.1) is 5.92 Å². The first kappa shape index (κ1) is 19.0. The summed E-state index contributed by atoms with van der Waals surface area (Å²) in [5.74, 6) is 1.15. The second-order valence-electron chi connectivity index (χ2n) is 6.75. The van der Waals surface area contributed by atoms with Crippen molar-refractivity contribution in [2.45, 2.75) is 35.7 Å². The number of rotatable bonds is 5. The van der Waals surface area contributed by atoms with Crippen LogP contribution in [0.2, 0.25) is 0 Å². The first-order chi connectivity index (χ1) is 13.4. The summed E-state index contributed by atoms with van der Waals surface area (Å²) in [4.78, 5) is 8.84. The van der Waals surface area contributed by atoms with Crippen molar-refractivity contribution >= 4 is 23.4 Å². The van der Waals surface area contributed by atoms with Crippen molar-refractivity contribution in [1.29, 1.82) is 0 Å². The summed E-state index contributed by atoms with van der Waals surface area (Å²) in [6.07, 6.45) is 4.36. The van der Waals surface area contributed by atoms with E-state index in [4.69, 9.17) is 0 Å². The molecule has 0 saturated heterocycles. The fraction of sp³-hybridized carbons (Fsp3) is 0.389. The second-order valence-corrected chi connectivity index (χ2v) is 7.89. The Morgan fingerprint density at radius 3 is 2.86 bits per heavy atom. The minimum Gasteiger partial charge on any atom is -0.396 e. The molecule has 0 spiro atoms. The molecular weight excluding hydrogens is 391 g/mol. The van der Waals surface area contributed by atoms with E-state index in [9.17, 15) is 18.3 Å². The fourth-order valence-corrected chi connectivity index (χ4v) is 4.02. The van der Waals surface area contributed by atoms with Gasteiger partial charge < -0.3 is 10.4 Å². The number of thioether (sulfide) groups is 1. The lowest BCUT2D eigenvalue weighted by Crippen LogP contribution is -2.19. The highest BCUT2D eigenvalue weighted by atomic mass is 32.2. The van der Waals surface area contributed by atoms with Crippen LogP contribution in [0.1, 0.15) is 19.3 Å². The quantitative estimate of drug-likeness (QED) is 0.621. The topological polar surface area (TPSA) is 75.3 Å². The molecule has 0 bridgehead atoms. The van der Waals surface area contributed by atoms with Crippen molar-refractivity contribution in [2.24, 2.45) is 5.92 Å². The minimum absolute atomic E-state index is 0.0846. The first-order valence-electron chi connectivity index (χ1n) is 8.86. The third-order valence-corrected chi connectivity index (χ3v) is 5.43. The first-order valence-corrected chi connectivity index (χ1v) is 9.68. The fourth-order valence-electron chi connectivity index (χ4n) is 3.42. The zero-order valence-electron chi connectivity index (χ0n) is 14.7. The van der Waals surface area contributed by atoms with Crippen molar-refractivity contribution in [1.82, 2.24) is 19.6 Å². The van der Waals surface area contributed by atoms with Gasteiger partial charge in [0, 0.05) is 35.4 Å². The molecule has 6 nitrogen and oxygen atoms in total. The number of aliphatic hydroxyl groups excluding tert-OH is 1. The number of aliphatic hydroxyl groups is 1. The van der Waals surface area contributed by atoms with Crippen molar-refractivity contribution < 1.29 is 18.3 Å². The van der Waals surface area contributed by atoms with Gasteiger partial charge in [0.05, 0.1) is 0 Å².